The Morgan fingerprint density at radius 2 is 1.47 bits per heavy atom. The van der Waals surface area contributed by atoms with Crippen molar-refractivity contribution in [3.8, 4) is 11.5 Å². The Hall–Kier alpha value is -0.484. The van der Waals surface area contributed by atoms with Crippen molar-refractivity contribution >= 4 is 27.5 Å². The van der Waals surface area contributed by atoms with Gasteiger partial charge in [-0.3, -0.25) is 0 Å². The van der Waals surface area contributed by atoms with Crippen LogP contribution in [0.1, 0.15) is 30.5 Å². The molecule has 0 bridgehead atoms. The molecule has 2 heteroatoms. The Labute approximate surface area is 126 Å². The van der Waals surface area contributed by atoms with Crippen LogP contribution in [0.2, 0.25) is 24.0 Å². The third kappa shape index (κ3) is 5.57. The average Bonchev–Trinajstić information content (AvgIpc) is 2.20. The third-order valence-corrected chi connectivity index (χ3v) is 6.64. The summed E-state index contributed by atoms with van der Waals surface area (Å²) in [6.45, 7) is 18.2. The summed E-state index contributed by atoms with van der Waals surface area (Å²) in [7, 11) is -1.27. The van der Waals surface area contributed by atoms with E-state index >= 15 is 0 Å². The number of hydrogen-bond acceptors (Lipinski definition) is 0. The van der Waals surface area contributed by atoms with Crippen molar-refractivity contribution < 1.29 is 0 Å². The van der Waals surface area contributed by atoms with Gasteiger partial charge in [0.05, 0.1) is 0 Å². The van der Waals surface area contributed by atoms with Crippen molar-refractivity contribution in [2.45, 2.75) is 58.6 Å². The number of benzene rings is 1. The maximum absolute atomic E-state index is 3.56. The van der Waals surface area contributed by atoms with Crippen LogP contribution in [0.15, 0.2) is 12.1 Å². The first-order valence-corrected chi connectivity index (χ1v) is 12.0. The van der Waals surface area contributed by atoms with Gasteiger partial charge >= 0.3 is 126 Å². The van der Waals surface area contributed by atoms with Crippen LogP contribution in [0, 0.1) is 32.2 Å². The molecule has 0 atom stereocenters. The van der Waals surface area contributed by atoms with E-state index in [1.54, 1.807) is 0 Å². The molecule has 0 aliphatic carbocycles. The third-order valence-electron chi connectivity index (χ3n) is 2.70. The summed E-state index contributed by atoms with van der Waals surface area (Å²) >= 11 is 0.404. The standard InChI is InChI=1S/C17H26SeSi/c1-13-11-14(2)16(15(3)12-13)18-17(4,5)9-10-19(6,7)8/h11-12H,1-8H3. The van der Waals surface area contributed by atoms with Gasteiger partial charge in [0.25, 0.3) is 0 Å². The van der Waals surface area contributed by atoms with Crippen LogP contribution in [-0.4, -0.2) is 23.0 Å². The van der Waals surface area contributed by atoms with Crippen LogP contribution >= 0.6 is 0 Å². The Bertz CT molecular complexity index is 501. The van der Waals surface area contributed by atoms with E-state index in [-0.39, 0.29) is 4.31 Å². The molecule has 0 fully saturated rings. The molecule has 0 spiro atoms. The first-order chi connectivity index (χ1) is 8.50. The summed E-state index contributed by atoms with van der Waals surface area (Å²) in [6, 6.07) is 4.60. The molecule has 0 saturated heterocycles. The Kier molecular flexibility index (Phi) is 5.12. The van der Waals surface area contributed by atoms with Crippen LogP contribution in [0.3, 0.4) is 0 Å². The van der Waals surface area contributed by atoms with Crippen LogP contribution in [0.5, 0.6) is 0 Å². The predicted octanol–water partition coefficient (Wildman–Crippen LogP) is 4.02. The van der Waals surface area contributed by atoms with Gasteiger partial charge in [0.2, 0.25) is 0 Å². The van der Waals surface area contributed by atoms with Crippen molar-refractivity contribution in [1.29, 1.82) is 0 Å². The topological polar surface area (TPSA) is 0 Å². The van der Waals surface area contributed by atoms with E-state index in [1.807, 2.05) is 0 Å². The van der Waals surface area contributed by atoms with E-state index in [1.165, 1.54) is 21.2 Å². The molecule has 0 heterocycles. The van der Waals surface area contributed by atoms with Gasteiger partial charge in [-0.2, -0.15) is 0 Å². The van der Waals surface area contributed by atoms with Crippen molar-refractivity contribution in [1.82, 2.24) is 0 Å². The Morgan fingerprint density at radius 3 is 1.89 bits per heavy atom. The fourth-order valence-corrected chi connectivity index (χ4v) is 5.04. The molecule has 1 aromatic rings. The number of rotatable bonds is 2. The second-order valence-electron chi connectivity index (χ2n) is 6.84. The second-order valence-corrected chi connectivity index (χ2v) is 15.0. The van der Waals surface area contributed by atoms with Crippen molar-refractivity contribution in [3.05, 3.63) is 28.8 Å². The molecule has 0 aliphatic rings. The first-order valence-electron chi connectivity index (χ1n) is 6.81. The van der Waals surface area contributed by atoms with Gasteiger partial charge in [-0.1, -0.05) is 0 Å². The molecule has 0 amide bonds. The molecule has 0 aliphatic heterocycles. The summed E-state index contributed by atoms with van der Waals surface area (Å²) in [5.74, 6) is 3.56. The summed E-state index contributed by atoms with van der Waals surface area (Å²) in [4.78, 5) is 0. The zero-order valence-electron chi connectivity index (χ0n) is 13.6. The maximum atomic E-state index is 3.56. The molecule has 0 saturated carbocycles. The zero-order valence-corrected chi connectivity index (χ0v) is 16.3. The number of aryl methyl sites for hydroxylation is 3. The molecule has 0 nitrogen and oxygen atoms in total. The van der Waals surface area contributed by atoms with E-state index < -0.39 is 8.07 Å². The van der Waals surface area contributed by atoms with Crippen molar-refractivity contribution in [2.24, 2.45) is 0 Å². The molecule has 0 aromatic heterocycles. The van der Waals surface area contributed by atoms with Crippen molar-refractivity contribution in [2.75, 3.05) is 0 Å². The molecule has 0 radical (unpaired) electrons. The molecular weight excluding hydrogens is 311 g/mol. The zero-order chi connectivity index (χ0) is 14.8. The minimum atomic E-state index is -1.27. The summed E-state index contributed by atoms with van der Waals surface area (Å²) < 4.78 is 1.66. The van der Waals surface area contributed by atoms with E-state index in [9.17, 15) is 0 Å². The normalized spacial score (nSPS) is 12.0. The van der Waals surface area contributed by atoms with E-state index in [0.29, 0.717) is 15.0 Å². The molecule has 104 valence electrons. The molecule has 19 heavy (non-hydrogen) atoms. The van der Waals surface area contributed by atoms with Gasteiger partial charge in [-0.15, -0.1) is 0 Å². The van der Waals surface area contributed by atoms with Crippen LogP contribution in [-0.2, 0) is 0 Å². The molecule has 0 N–H and O–H groups in total. The molecule has 1 aromatic carbocycles. The summed E-state index contributed by atoms with van der Waals surface area (Å²) in [5.41, 5.74) is 7.76. The fourth-order valence-electron chi connectivity index (χ4n) is 1.95. The minimum absolute atomic E-state index is 0.123. The van der Waals surface area contributed by atoms with Gasteiger partial charge in [0, 0.05) is 0 Å². The van der Waals surface area contributed by atoms with E-state index in [2.05, 4.69) is 77.9 Å². The van der Waals surface area contributed by atoms with Crippen LogP contribution in [0.4, 0.5) is 0 Å². The monoisotopic (exact) mass is 338 g/mol. The average molecular weight is 337 g/mol. The van der Waals surface area contributed by atoms with Gasteiger partial charge in [0.1, 0.15) is 0 Å². The quantitative estimate of drug-likeness (QED) is 0.565. The summed E-state index contributed by atoms with van der Waals surface area (Å²) in [5, 5.41) is 0. The first kappa shape index (κ1) is 16.6. The SMILES string of the molecule is Cc1cc(C)c([Se]C(C)(C)C#C[Si](C)(C)C)c(C)c1. The van der Waals surface area contributed by atoms with Crippen LogP contribution in [0.25, 0.3) is 0 Å². The Morgan fingerprint density at radius 1 is 1.00 bits per heavy atom. The van der Waals surface area contributed by atoms with Crippen molar-refractivity contribution in [3.63, 3.8) is 0 Å². The van der Waals surface area contributed by atoms with Crippen LogP contribution < -0.4 is 4.46 Å². The fraction of sp³-hybridized carbons (Fsp3) is 0.529. The van der Waals surface area contributed by atoms with Gasteiger partial charge in [0.15, 0.2) is 0 Å². The predicted molar refractivity (Wildman–Crippen MR) is 91.2 cm³/mol. The molecule has 0 unspecified atom stereocenters. The second kappa shape index (κ2) is 5.88. The van der Waals surface area contributed by atoms with E-state index in [0.717, 1.165) is 0 Å². The van der Waals surface area contributed by atoms with E-state index in [4.69, 9.17) is 0 Å². The Balaban J connectivity index is 3.05. The molecule has 1 rings (SSSR count). The van der Waals surface area contributed by atoms with Gasteiger partial charge in [-0.25, -0.2) is 0 Å². The van der Waals surface area contributed by atoms with Gasteiger partial charge < -0.3 is 0 Å². The summed E-state index contributed by atoms with van der Waals surface area (Å²) in [6.07, 6.45) is 0. The number of hydrogen-bond donors (Lipinski definition) is 0. The van der Waals surface area contributed by atoms with Gasteiger partial charge in [-0.05, 0) is 0 Å². The molecular formula is C17H26SeSi.